The molecule has 0 radical (unpaired) electrons. The maximum absolute atomic E-state index is 4.94. The van der Waals surface area contributed by atoms with Crippen LogP contribution in [0.2, 0.25) is 0 Å². The number of hydrogen-bond acceptors (Lipinski definition) is 4. The summed E-state index contributed by atoms with van der Waals surface area (Å²) in [5.74, 6) is 1.04. The van der Waals surface area contributed by atoms with Crippen LogP contribution in [-0.4, -0.2) is 8.39 Å². The summed E-state index contributed by atoms with van der Waals surface area (Å²) in [7, 11) is 0. The van der Waals surface area contributed by atoms with Crippen LogP contribution < -0.4 is 0 Å². The van der Waals surface area contributed by atoms with E-state index in [9.17, 15) is 0 Å². The second kappa shape index (κ2) is 19.3. The molecule has 0 N–H and O–H groups in total. The molecule has 0 aliphatic heterocycles. The average molecular weight is 416 g/mol. The predicted molar refractivity (Wildman–Crippen MR) is 107 cm³/mol. The van der Waals surface area contributed by atoms with Crippen LogP contribution >= 0.6 is 24.4 Å². The van der Waals surface area contributed by atoms with Crippen molar-refractivity contribution in [1.29, 1.82) is 0 Å². The first kappa shape index (κ1) is 27.1. The Bertz CT molecular complexity index is 231. The predicted octanol–water partition coefficient (Wildman–Crippen LogP) is 6.15. The zero-order valence-corrected chi connectivity index (χ0v) is 20.4. The molecule has 2 atom stereocenters. The zero-order valence-electron chi connectivity index (χ0n) is 14.2. The fourth-order valence-corrected chi connectivity index (χ4v) is 3.02. The molecule has 21 heavy (non-hydrogen) atoms. The molecule has 0 saturated carbocycles. The van der Waals surface area contributed by atoms with E-state index in [0.29, 0.717) is 11.8 Å². The monoisotopic (exact) mass is 414 g/mol. The normalized spacial score (nSPS) is 12.4. The Kier molecular flexibility index (Phi) is 24.9. The summed E-state index contributed by atoms with van der Waals surface area (Å²) in [4.78, 5) is 0. The van der Waals surface area contributed by atoms with Gasteiger partial charge < -0.3 is 49.7 Å². The SMILES string of the molecule is CCCCC(CC)C(=S)[S-].CCCCC(CC)C(=S)[S-].[Zn+2]. The van der Waals surface area contributed by atoms with Crippen LogP contribution in [0.25, 0.3) is 0 Å². The molecule has 2 unspecified atom stereocenters. The van der Waals surface area contributed by atoms with E-state index in [-0.39, 0.29) is 19.5 Å². The maximum Gasteiger partial charge on any atom is 2.00 e. The molecule has 0 amide bonds. The van der Waals surface area contributed by atoms with Crippen LogP contribution in [0, 0.1) is 11.8 Å². The van der Waals surface area contributed by atoms with Gasteiger partial charge in [0.25, 0.3) is 0 Å². The second-order valence-electron chi connectivity index (χ2n) is 5.13. The van der Waals surface area contributed by atoms with Gasteiger partial charge in [-0.15, -0.1) is 8.39 Å². The Hall–Kier alpha value is 1.24. The van der Waals surface area contributed by atoms with E-state index in [1.165, 1.54) is 38.5 Å². The van der Waals surface area contributed by atoms with Crippen molar-refractivity contribution in [3.8, 4) is 0 Å². The van der Waals surface area contributed by atoms with Crippen LogP contribution in [0.4, 0.5) is 0 Å². The van der Waals surface area contributed by atoms with Crippen LogP contribution in [0.1, 0.15) is 79.1 Å². The second-order valence-corrected chi connectivity index (χ2v) is 7.41. The van der Waals surface area contributed by atoms with Gasteiger partial charge in [0.05, 0.1) is 0 Å². The molecule has 0 nitrogen and oxygen atoms in total. The van der Waals surface area contributed by atoms with Crippen molar-refractivity contribution in [1.82, 2.24) is 0 Å². The maximum atomic E-state index is 4.94. The summed E-state index contributed by atoms with van der Waals surface area (Å²) in [6.45, 7) is 8.69. The topological polar surface area (TPSA) is 0 Å². The van der Waals surface area contributed by atoms with E-state index < -0.39 is 0 Å². The van der Waals surface area contributed by atoms with Gasteiger partial charge in [-0.25, -0.2) is 0 Å². The first-order chi connectivity index (χ1) is 9.44. The number of unbranched alkanes of at least 4 members (excludes halogenated alkanes) is 2. The molecule has 0 aromatic rings. The molecular formula is C16H30S4Zn. The summed E-state index contributed by atoms with van der Waals surface area (Å²) >= 11 is 19.8. The van der Waals surface area contributed by atoms with Gasteiger partial charge in [0.1, 0.15) is 0 Å². The molecule has 0 aromatic heterocycles. The van der Waals surface area contributed by atoms with E-state index in [2.05, 4.69) is 27.7 Å². The van der Waals surface area contributed by atoms with Crippen LogP contribution in [0.15, 0.2) is 0 Å². The van der Waals surface area contributed by atoms with E-state index in [1.54, 1.807) is 0 Å². The minimum absolute atomic E-state index is 0. The third-order valence-corrected chi connectivity index (χ3v) is 4.80. The molecule has 0 aliphatic carbocycles. The first-order valence-electron chi connectivity index (χ1n) is 7.86. The van der Waals surface area contributed by atoms with E-state index in [1.807, 2.05) is 0 Å². The molecule has 120 valence electrons. The summed E-state index contributed by atoms with van der Waals surface area (Å²) in [6.07, 6.45) is 9.61. The molecule has 0 rings (SSSR count). The van der Waals surface area contributed by atoms with Gasteiger partial charge in [0.2, 0.25) is 0 Å². The minimum atomic E-state index is 0. The quantitative estimate of drug-likeness (QED) is 0.238. The largest absolute Gasteiger partial charge is 2.00 e. The Morgan fingerprint density at radius 2 is 1.05 bits per heavy atom. The molecule has 5 heteroatoms. The number of thiocarbonyl (C=S) groups is 2. The van der Waals surface area contributed by atoms with Gasteiger partial charge in [0.15, 0.2) is 0 Å². The van der Waals surface area contributed by atoms with Gasteiger partial charge in [-0.1, -0.05) is 66.2 Å². The number of rotatable bonds is 10. The summed E-state index contributed by atoms with van der Waals surface area (Å²) in [6, 6.07) is 0. The van der Waals surface area contributed by atoms with Gasteiger partial charge in [-0.05, 0) is 24.7 Å². The third kappa shape index (κ3) is 17.4. The summed E-state index contributed by atoms with van der Waals surface area (Å²) in [5.41, 5.74) is 0. The Balaban J connectivity index is -0.000000295. The standard InChI is InChI=1S/2C8H16S2.Zn/c2*1-3-5-6-7(4-2)8(9)10;/h2*7H,3-6H2,1-2H3,(H,9,10);/q;;+2/p-2. The fourth-order valence-electron chi connectivity index (χ4n) is 1.88. The Morgan fingerprint density at radius 3 is 1.19 bits per heavy atom. The molecule has 0 aromatic carbocycles. The van der Waals surface area contributed by atoms with Crippen LogP contribution in [0.3, 0.4) is 0 Å². The molecule has 0 saturated heterocycles. The van der Waals surface area contributed by atoms with Gasteiger partial charge in [-0.2, -0.15) is 0 Å². The third-order valence-electron chi connectivity index (χ3n) is 3.46. The molecule has 0 fully saturated rings. The Labute approximate surface area is 167 Å². The summed E-state index contributed by atoms with van der Waals surface area (Å²) < 4.78 is 1.55. The van der Waals surface area contributed by atoms with Gasteiger partial charge in [-0.3, -0.25) is 0 Å². The fraction of sp³-hybridized carbons (Fsp3) is 0.875. The van der Waals surface area contributed by atoms with Crippen molar-refractivity contribution in [3.05, 3.63) is 0 Å². The zero-order chi connectivity index (χ0) is 16.0. The van der Waals surface area contributed by atoms with E-state index in [0.717, 1.165) is 21.2 Å². The molecule has 0 heterocycles. The number of hydrogen-bond donors (Lipinski definition) is 0. The molecule has 0 spiro atoms. The molecule has 0 aliphatic rings. The van der Waals surface area contributed by atoms with Crippen molar-refractivity contribution in [2.45, 2.75) is 79.1 Å². The first-order valence-corrected chi connectivity index (χ1v) is 9.49. The van der Waals surface area contributed by atoms with Gasteiger partial charge in [0, 0.05) is 0 Å². The van der Waals surface area contributed by atoms with E-state index in [4.69, 9.17) is 49.7 Å². The average Bonchev–Trinajstić information content (AvgIpc) is 2.40. The van der Waals surface area contributed by atoms with Crippen molar-refractivity contribution in [3.63, 3.8) is 0 Å². The van der Waals surface area contributed by atoms with Crippen LogP contribution in [-0.2, 0) is 44.7 Å². The van der Waals surface area contributed by atoms with E-state index >= 15 is 0 Å². The van der Waals surface area contributed by atoms with Crippen molar-refractivity contribution >= 4 is 58.1 Å². The van der Waals surface area contributed by atoms with Crippen LogP contribution in [0.5, 0.6) is 0 Å². The van der Waals surface area contributed by atoms with Gasteiger partial charge >= 0.3 is 19.5 Å². The Morgan fingerprint density at radius 1 is 0.762 bits per heavy atom. The smallest absolute Gasteiger partial charge is 0.433 e. The minimum Gasteiger partial charge on any atom is -0.433 e. The van der Waals surface area contributed by atoms with Crippen molar-refractivity contribution in [2.24, 2.45) is 11.8 Å². The molecular weight excluding hydrogens is 386 g/mol. The van der Waals surface area contributed by atoms with Crippen molar-refractivity contribution in [2.75, 3.05) is 0 Å². The molecule has 0 bridgehead atoms. The van der Waals surface area contributed by atoms with Crippen molar-refractivity contribution < 1.29 is 19.5 Å². The summed E-state index contributed by atoms with van der Waals surface area (Å²) in [5, 5.41) is 0.